The van der Waals surface area contributed by atoms with Crippen LogP contribution in [0.5, 0.6) is 0 Å². The fraction of sp³-hybridized carbons (Fsp3) is 0. The zero-order valence-electron chi connectivity index (χ0n) is 13.3. The maximum Gasteiger partial charge on any atom is 0.186 e. The second kappa shape index (κ2) is 7.89. The highest BCUT2D eigenvalue weighted by Gasteiger charge is 2.09. The summed E-state index contributed by atoms with van der Waals surface area (Å²) in [6.07, 6.45) is 5.42. The summed E-state index contributed by atoms with van der Waals surface area (Å²) in [5.41, 5.74) is 3.63. The van der Waals surface area contributed by atoms with Crippen LogP contribution in [0, 0.1) is 0 Å². The molecule has 3 rings (SSSR count). The van der Waals surface area contributed by atoms with E-state index in [1.165, 1.54) is 0 Å². The standard InChI is InChI=1S/C23H18O/c24-23(17-16-19-10-4-1-5-11-19)22(21-14-8-3-9-15-21)18-20-12-6-2-7-13-20/h1-18H. The highest BCUT2D eigenvalue weighted by atomic mass is 16.1. The smallest absolute Gasteiger partial charge is 0.186 e. The highest BCUT2D eigenvalue weighted by molar-refractivity contribution is 6.30. The largest absolute Gasteiger partial charge is 0.289 e. The van der Waals surface area contributed by atoms with Gasteiger partial charge in [0.25, 0.3) is 0 Å². The zero-order valence-corrected chi connectivity index (χ0v) is 13.3. The molecule has 0 bridgehead atoms. The molecule has 0 radical (unpaired) electrons. The summed E-state index contributed by atoms with van der Waals surface area (Å²) in [6, 6.07) is 29.5. The van der Waals surface area contributed by atoms with Gasteiger partial charge in [0, 0.05) is 5.57 Å². The Kier molecular flexibility index (Phi) is 5.16. The minimum Gasteiger partial charge on any atom is -0.289 e. The van der Waals surface area contributed by atoms with Crippen molar-refractivity contribution in [2.24, 2.45) is 0 Å². The van der Waals surface area contributed by atoms with Gasteiger partial charge in [-0.15, -0.1) is 0 Å². The maximum absolute atomic E-state index is 12.8. The second-order valence-electron chi connectivity index (χ2n) is 5.44. The van der Waals surface area contributed by atoms with Crippen LogP contribution in [0.4, 0.5) is 0 Å². The Morgan fingerprint density at radius 1 is 0.625 bits per heavy atom. The van der Waals surface area contributed by atoms with E-state index in [1.54, 1.807) is 6.08 Å². The van der Waals surface area contributed by atoms with Crippen molar-refractivity contribution in [2.75, 3.05) is 0 Å². The molecule has 0 aliphatic heterocycles. The Hall–Kier alpha value is -3.19. The lowest BCUT2D eigenvalue weighted by Crippen LogP contribution is -1.98. The van der Waals surface area contributed by atoms with E-state index >= 15 is 0 Å². The lowest BCUT2D eigenvalue weighted by molar-refractivity contribution is -0.109. The summed E-state index contributed by atoms with van der Waals surface area (Å²) in [7, 11) is 0. The molecule has 0 spiro atoms. The average Bonchev–Trinajstić information content (AvgIpc) is 2.66. The van der Waals surface area contributed by atoms with Gasteiger partial charge in [-0.1, -0.05) is 97.1 Å². The zero-order chi connectivity index (χ0) is 16.6. The Balaban J connectivity index is 1.94. The van der Waals surface area contributed by atoms with Crippen molar-refractivity contribution in [1.29, 1.82) is 0 Å². The summed E-state index contributed by atoms with van der Waals surface area (Å²) < 4.78 is 0. The molecule has 0 N–H and O–H groups in total. The first-order valence-electron chi connectivity index (χ1n) is 7.92. The van der Waals surface area contributed by atoms with E-state index in [-0.39, 0.29) is 5.78 Å². The predicted molar refractivity (Wildman–Crippen MR) is 101 cm³/mol. The summed E-state index contributed by atoms with van der Waals surface area (Å²) >= 11 is 0. The number of benzene rings is 3. The lowest BCUT2D eigenvalue weighted by atomic mass is 9.98. The van der Waals surface area contributed by atoms with Crippen LogP contribution in [0.3, 0.4) is 0 Å². The van der Waals surface area contributed by atoms with Gasteiger partial charge < -0.3 is 0 Å². The van der Waals surface area contributed by atoms with Crippen molar-refractivity contribution in [2.45, 2.75) is 0 Å². The van der Waals surface area contributed by atoms with Crippen LogP contribution in [0.15, 0.2) is 97.1 Å². The number of hydrogen-bond acceptors (Lipinski definition) is 1. The quantitative estimate of drug-likeness (QED) is 0.448. The monoisotopic (exact) mass is 310 g/mol. The average molecular weight is 310 g/mol. The molecule has 0 aliphatic carbocycles. The molecule has 1 nitrogen and oxygen atoms in total. The topological polar surface area (TPSA) is 17.1 Å². The van der Waals surface area contributed by atoms with E-state index in [4.69, 9.17) is 0 Å². The van der Waals surface area contributed by atoms with Crippen molar-refractivity contribution in [3.05, 3.63) is 114 Å². The van der Waals surface area contributed by atoms with Crippen LogP contribution in [0.1, 0.15) is 16.7 Å². The molecule has 0 aliphatic rings. The van der Waals surface area contributed by atoms with Gasteiger partial charge in [-0.2, -0.15) is 0 Å². The van der Waals surface area contributed by atoms with E-state index in [9.17, 15) is 4.79 Å². The minimum absolute atomic E-state index is 0.00564. The normalized spacial score (nSPS) is 11.6. The molecule has 0 fully saturated rings. The van der Waals surface area contributed by atoms with Gasteiger partial charge >= 0.3 is 0 Å². The lowest BCUT2D eigenvalue weighted by Gasteiger charge is -2.05. The van der Waals surface area contributed by atoms with Crippen molar-refractivity contribution < 1.29 is 4.79 Å². The molecule has 0 aromatic heterocycles. The third-order valence-electron chi connectivity index (χ3n) is 3.69. The molecule has 0 saturated carbocycles. The predicted octanol–water partition coefficient (Wildman–Crippen LogP) is 5.51. The summed E-state index contributed by atoms with van der Waals surface area (Å²) in [4.78, 5) is 12.8. The molecule has 0 unspecified atom stereocenters. The van der Waals surface area contributed by atoms with Gasteiger partial charge in [-0.3, -0.25) is 4.79 Å². The molecular formula is C23H18O. The van der Waals surface area contributed by atoms with Crippen molar-refractivity contribution in [3.63, 3.8) is 0 Å². The Labute approximate surface area is 142 Å². The molecule has 0 atom stereocenters. The Morgan fingerprint density at radius 3 is 1.71 bits per heavy atom. The van der Waals surface area contributed by atoms with Crippen LogP contribution in [-0.4, -0.2) is 5.78 Å². The van der Waals surface area contributed by atoms with E-state index in [0.717, 1.165) is 16.7 Å². The number of carbonyl (C=O) groups excluding carboxylic acids is 1. The Bertz CT molecular complexity index is 844. The van der Waals surface area contributed by atoms with Crippen molar-refractivity contribution in [3.8, 4) is 0 Å². The first-order chi connectivity index (χ1) is 11.8. The third kappa shape index (κ3) is 4.17. The van der Waals surface area contributed by atoms with Gasteiger partial charge in [0.1, 0.15) is 0 Å². The van der Waals surface area contributed by atoms with Crippen LogP contribution in [0.25, 0.3) is 17.7 Å². The third-order valence-corrected chi connectivity index (χ3v) is 3.69. The molecule has 0 saturated heterocycles. The first kappa shape index (κ1) is 15.7. The Morgan fingerprint density at radius 2 is 1.12 bits per heavy atom. The number of rotatable bonds is 5. The summed E-state index contributed by atoms with van der Waals surface area (Å²) in [5, 5.41) is 0. The molecule has 3 aromatic carbocycles. The summed E-state index contributed by atoms with van der Waals surface area (Å²) in [5.74, 6) is -0.00564. The molecular weight excluding hydrogens is 292 g/mol. The molecule has 24 heavy (non-hydrogen) atoms. The minimum atomic E-state index is -0.00564. The number of ketones is 1. The van der Waals surface area contributed by atoms with E-state index in [0.29, 0.717) is 5.57 Å². The van der Waals surface area contributed by atoms with Gasteiger partial charge in [0.15, 0.2) is 5.78 Å². The fourth-order valence-electron chi connectivity index (χ4n) is 2.46. The van der Waals surface area contributed by atoms with Crippen LogP contribution >= 0.6 is 0 Å². The molecule has 116 valence electrons. The molecule has 1 heteroatoms. The van der Waals surface area contributed by atoms with E-state index < -0.39 is 0 Å². The van der Waals surface area contributed by atoms with E-state index in [2.05, 4.69) is 0 Å². The number of hydrogen-bond donors (Lipinski definition) is 0. The summed E-state index contributed by atoms with van der Waals surface area (Å²) in [6.45, 7) is 0. The van der Waals surface area contributed by atoms with E-state index in [1.807, 2.05) is 103 Å². The van der Waals surface area contributed by atoms with Gasteiger partial charge in [-0.25, -0.2) is 0 Å². The highest BCUT2D eigenvalue weighted by Crippen LogP contribution is 2.20. The van der Waals surface area contributed by atoms with Crippen molar-refractivity contribution >= 4 is 23.5 Å². The SMILES string of the molecule is O=C(C=Cc1ccccc1)C(=Cc1ccccc1)c1ccccc1. The fourth-order valence-corrected chi connectivity index (χ4v) is 2.46. The van der Waals surface area contributed by atoms with Crippen molar-refractivity contribution in [1.82, 2.24) is 0 Å². The number of carbonyl (C=O) groups is 1. The molecule has 0 heterocycles. The van der Waals surface area contributed by atoms with Gasteiger partial charge in [0.05, 0.1) is 0 Å². The molecule has 0 amide bonds. The van der Waals surface area contributed by atoms with Gasteiger partial charge in [-0.05, 0) is 28.8 Å². The first-order valence-corrected chi connectivity index (χ1v) is 7.92. The number of allylic oxidation sites excluding steroid dienone is 2. The van der Waals surface area contributed by atoms with Crippen LogP contribution in [0.2, 0.25) is 0 Å². The van der Waals surface area contributed by atoms with Gasteiger partial charge in [0.2, 0.25) is 0 Å². The maximum atomic E-state index is 12.8. The molecule has 3 aromatic rings. The van der Waals surface area contributed by atoms with Crippen LogP contribution in [-0.2, 0) is 4.79 Å². The van der Waals surface area contributed by atoms with Crippen LogP contribution < -0.4 is 0 Å². The second-order valence-corrected chi connectivity index (χ2v) is 5.44.